The minimum Gasteiger partial charge on any atom is -0.245 e. The van der Waals surface area contributed by atoms with Crippen LogP contribution >= 0.6 is 11.8 Å². The molecule has 0 saturated carbocycles. The molecule has 0 fully saturated rings. The molecule has 1 aliphatic rings. The zero-order valence-electron chi connectivity index (χ0n) is 12.9. The normalized spacial score (nSPS) is 17.7. The molecule has 2 rings (SSSR count). The minimum atomic E-state index is 0.332. The molecule has 0 spiro atoms. The van der Waals surface area contributed by atoms with Gasteiger partial charge in [-0.2, -0.15) is 10.5 Å². The lowest BCUT2D eigenvalue weighted by molar-refractivity contribution is 0.182. The molecule has 1 atom stereocenters. The lowest BCUT2D eigenvalue weighted by Crippen LogP contribution is -2.29. The van der Waals surface area contributed by atoms with E-state index < -0.39 is 0 Å². The van der Waals surface area contributed by atoms with Crippen LogP contribution < -0.4 is 0 Å². The molecule has 0 saturated heterocycles. The Morgan fingerprint density at radius 1 is 1.43 bits per heavy atom. The number of rotatable bonds is 4. The first kappa shape index (κ1) is 15.9. The zero-order valence-corrected chi connectivity index (χ0v) is 13.8. The van der Waals surface area contributed by atoms with Crippen LogP contribution in [0.15, 0.2) is 11.1 Å². The Bertz CT molecular complexity index is 608. The summed E-state index contributed by atoms with van der Waals surface area (Å²) in [5.74, 6) is 0.993. The summed E-state index contributed by atoms with van der Waals surface area (Å²) in [5.41, 5.74) is 3.30. The predicted octanol–water partition coefficient (Wildman–Crippen LogP) is 4.11. The van der Waals surface area contributed by atoms with Crippen molar-refractivity contribution in [2.24, 2.45) is 11.3 Å². The van der Waals surface area contributed by atoms with E-state index in [0.29, 0.717) is 27.7 Å². The minimum absolute atomic E-state index is 0.332. The van der Waals surface area contributed by atoms with E-state index in [-0.39, 0.29) is 0 Å². The van der Waals surface area contributed by atoms with Gasteiger partial charge in [0.15, 0.2) is 0 Å². The van der Waals surface area contributed by atoms with Crippen LogP contribution in [0, 0.1) is 34.0 Å². The molecular formula is C17H21N3S. The van der Waals surface area contributed by atoms with Gasteiger partial charge in [-0.3, -0.25) is 0 Å². The number of aryl methyl sites for hydroxylation is 1. The van der Waals surface area contributed by atoms with Crippen molar-refractivity contribution < 1.29 is 0 Å². The third-order valence-corrected chi connectivity index (χ3v) is 5.62. The fourth-order valence-corrected chi connectivity index (χ4v) is 3.53. The second-order valence-corrected chi connectivity index (χ2v) is 7.25. The summed E-state index contributed by atoms with van der Waals surface area (Å²) < 4.78 is 0. The van der Waals surface area contributed by atoms with Crippen LogP contribution in [0.1, 0.15) is 50.4 Å². The first-order chi connectivity index (χ1) is 10.0. The number of hydrogen-bond donors (Lipinski definition) is 0. The predicted molar refractivity (Wildman–Crippen MR) is 84.9 cm³/mol. The van der Waals surface area contributed by atoms with Crippen LogP contribution in [0.2, 0.25) is 0 Å². The molecule has 21 heavy (non-hydrogen) atoms. The summed E-state index contributed by atoms with van der Waals surface area (Å²) in [7, 11) is 0. The number of nitriles is 2. The van der Waals surface area contributed by atoms with E-state index in [1.54, 1.807) is 0 Å². The van der Waals surface area contributed by atoms with E-state index in [9.17, 15) is 5.26 Å². The van der Waals surface area contributed by atoms with Gasteiger partial charge in [-0.15, -0.1) is 0 Å². The third-order valence-electron chi connectivity index (χ3n) is 4.76. The van der Waals surface area contributed by atoms with Gasteiger partial charge in [0.05, 0.1) is 17.4 Å². The Balaban J connectivity index is 2.30. The van der Waals surface area contributed by atoms with Gasteiger partial charge in [-0.05, 0) is 42.2 Å². The van der Waals surface area contributed by atoms with Gasteiger partial charge in [-0.25, -0.2) is 4.98 Å². The molecule has 1 unspecified atom stereocenters. The van der Waals surface area contributed by atoms with E-state index in [1.807, 2.05) is 6.07 Å². The van der Waals surface area contributed by atoms with Crippen molar-refractivity contribution in [1.82, 2.24) is 4.98 Å². The van der Waals surface area contributed by atoms with Crippen molar-refractivity contribution in [1.29, 1.82) is 10.5 Å². The van der Waals surface area contributed by atoms with Crippen LogP contribution in [0.4, 0.5) is 0 Å². The molecule has 3 nitrogen and oxygen atoms in total. The molecule has 0 radical (unpaired) electrons. The number of thioether (sulfide) groups is 1. The molecule has 0 N–H and O–H groups in total. The summed E-state index contributed by atoms with van der Waals surface area (Å²) in [4.78, 5) is 4.65. The second-order valence-electron chi connectivity index (χ2n) is 6.29. The Hall–Kier alpha value is -1.52. The average molecular weight is 299 g/mol. The number of fused-ring (bicyclic) bond motifs is 1. The fourth-order valence-electron chi connectivity index (χ4n) is 2.89. The van der Waals surface area contributed by atoms with Gasteiger partial charge in [0, 0.05) is 5.69 Å². The van der Waals surface area contributed by atoms with Crippen molar-refractivity contribution in [2.75, 3.05) is 5.75 Å². The second kappa shape index (κ2) is 6.50. The summed E-state index contributed by atoms with van der Waals surface area (Å²) in [6, 6.07) is 6.33. The number of aromatic nitrogens is 1. The summed E-state index contributed by atoms with van der Waals surface area (Å²) in [6.45, 7) is 6.91. The van der Waals surface area contributed by atoms with Crippen LogP contribution in [-0.4, -0.2) is 10.7 Å². The van der Waals surface area contributed by atoms with E-state index >= 15 is 0 Å². The molecule has 0 bridgehead atoms. The Labute approximate surface area is 131 Å². The van der Waals surface area contributed by atoms with Crippen LogP contribution in [-0.2, 0) is 12.8 Å². The van der Waals surface area contributed by atoms with E-state index in [4.69, 9.17) is 5.26 Å². The van der Waals surface area contributed by atoms with E-state index in [2.05, 4.69) is 37.9 Å². The molecule has 1 heterocycles. The molecule has 0 amide bonds. The fraction of sp³-hybridized carbons (Fsp3) is 0.588. The first-order valence-corrected chi connectivity index (χ1v) is 8.43. The number of nitrogens with zero attached hydrogens (tertiary/aromatic N) is 3. The highest BCUT2D eigenvalue weighted by molar-refractivity contribution is 7.99. The quantitative estimate of drug-likeness (QED) is 0.785. The third kappa shape index (κ3) is 3.39. The summed E-state index contributed by atoms with van der Waals surface area (Å²) >= 11 is 1.36. The van der Waals surface area contributed by atoms with Crippen molar-refractivity contribution in [3.05, 3.63) is 22.9 Å². The molecule has 1 aliphatic carbocycles. The molecule has 4 heteroatoms. The Morgan fingerprint density at radius 3 is 2.81 bits per heavy atom. The Morgan fingerprint density at radius 2 is 2.19 bits per heavy atom. The SMILES string of the molecule is CCC(C)(C)C1CCc2nc(SCC#N)c(C#N)cc2C1. The Kier molecular flexibility index (Phi) is 4.91. The highest BCUT2D eigenvalue weighted by Crippen LogP contribution is 2.40. The molecule has 0 aromatic carbocycles. The van der Waals surface area contributed by atoms with Crippen molar-refractivity contribution >= 4 is 11.8 Å². The molecule has 0 aliphatic heterocycles. The summed E-state index contributed by atoms with van der Waals surface area (Å²) in [6.07, 6.45) is 4.33. The zero-order chi connectivity index (χ0) is 15.5. The van der Waals surface area contributed by atoms with Crippen LogP contribution in [0.25, 0.3) is 0 Å². The maximum absolute atomic E-state index is 9.31. The van der Waals surface area contributed by atoms with Gasteiger partial charge >= 0.3 is 0 Å². The molecular weight excluding hydrogens is 278 g/mol. The lowest BCUT2D eigenvalue weighted by atomic mass is 9.69. The molecule has 1 aromatic rings. The van der Waals surface area contributed by atoms with Crippen LogP contribution in [0.5, 0.6) is 0 Å². The largest absolute Gasteiger partial charge is 0.245 e. The lowest BCUT2D eigenvalue weighted by Gasteiger charge is -2.37. The number of pyridine rings is 1. The van der Waals surface area contributed by atoms with E-state index in [0.717, 1.165) is 25.0 Å². The highest BCUT2D eigenvalue weighted by atomic mass is 32.2. The van der Waals surface area contributed by atoms with Gasteiger partial charge in [-0.1, -0.05) is 39.0 Å². The maximum Gasteiger partial charge on any atom is 0.115 e. The molecule has 110 valence electrons. The number of hydrogen-bond acceptors (Lipinski definition) is 4. The maximum atomic E-state index is 9.31. The van der Waals surface area contributed by atoms with Gasteiger partial charge in [0.1, 0.15) is 11.1 Å². The van der Waals surface area contributed by atoms with E-state index in [1.165, 1.54) is 23.7 Å². The van der Waals surface area contributed by atoms with Gasteiger partial charge in [0.2, 0.25) is 0 Å². The first-order valence-electron chi connectivity index (χ1n) is 7.44. The van der Waals surface area contributed by atoms with Gasteiger partial charge in [0.25, 0.3) is 0 Å². The van der Waals surface area contributed by atoms with Crippen molar-refractivity contribution in [2.45, 2.75) is 51.5 Å². The smallest absolute Gasteiger partial charge is 0.115 e. The highest BCUT2D eigenvalue weighted by Gasteiger charge is 2.32. The average Bonchev–Trinajstić information content (AvgIpc) is 2.51. The van der Waals surface area contributed by atoms with Crippen LogP contribution in [0.3, 0.4) is 0 Å². The standard InChI is InChI=1S/C17H21N3S/c1-4-17(2,3)14-5-6-15-12(10-14)9-13(11-19)16(20-15)21-8-7-18/h9,14H,4-6,8,10H2,1-3H3. The van der Waals surface area contributed by atoms with Gasteiger partial charge < -0.3 is 0 Å². The van der Waals surface area contributed by atoms with Crippen molar-refractivity contribution in [3.8, 4) is 12.1 Å². The monoisotopic (exact) mass is 299 g/mol. The topological polar surface area (TPSA) is 60.5 Å². The van der Waals surface area contributed by atoms with Crippen molar-refractivity contribution in [3.63, 3.8) is 0 Å². The molecule has 1 aromatic heterocycles. The summed E-state index contributed by atoms with van der Waals surface area (Å²) in [5, 5.41) is 18.7.